The number of esters is 3. The lowest BCUT2D eigenvalue weighted by molar-refractivity contribution is -0.159. The summed E-state index contributed by atoms with van der Waals surface area (Å²) in [6.45, 7) is 3.26. The van der Waals surface area contributed by atoms with Crippen molar-refractivity contribution in [2.45, 2.75) is 30.0 Å². The first kappa shape index (κ1) is 18.2. The van der Waals surface area contributed by atoms with Gasteiger partial charge in [-0.2, -0.15) is 0 Å². The molecule has 0 aliphatic carbocycles. The molecule has 19 heavy (non-hydrogen) atoms. The summed E-state index contributed by atoms with van der Waals surface area (Å²) < 4.78 is 14.0. The van der Waals surface area contributed by atoms with Gasteiger partial charge in [0.25, 0.3) is 0 Å². The highest BCUT2D eigenvalue weighted by atomic mass is 79.9. The van der Waals surface area contributed by atoms with Gasteiger partial charge in [-0.25, -0.2) is 9.59 Å². The molecule has 0 radical (unpaired) electrons. The van der Waals surface area contributed by atoms with Crippen LogP contribution in [0.5, 0.6) is 0 Å². The number of carbonyl (C=O) groups excluding carboxylic acids is 3. The molecule has 6 nitrogen and oxygen atoms in total. The summed E-state index contributed by atoms with van der Waals surface area (Å²) in [5.41, 5.74) is 0. The van der Waals surface area contributed by atoms with Gasteiger partial charge in [0.15, 0.2) is 0 Å². The first-order valence-electron chi connectivity index (χ1n) is 5.58. The van der Waals surface area contributed by atoms with Gasteiger partial charge in [-0.3, -0.25) is 4.79 Å². The Morgan fingerprint density at radius 3 is 1.89 bits per heavy atom. The first-order chi connectivity index (χ1) is 8.83. The maximum absolute atomic E-state index is 11.8. The molecule has 0 amide bonds. The van der Waals surface area contributed by atoms with Crippen LogP contribution in [0.2, 0.25) is 0 Å². The van der Waals surface area contributed by atoms with Crippen molar-refractivity contribution in [3.63, 3.8) is 0 Å². The molecule has 0 fully saturated rings. The number of hydrogen-bond acceptors (Lipinski definition) is 6. The number of rotatable bonds is 7. The van der Waals surface area contributed by atoms with Crippen LogP contribution in [-0.4, -0.2) is 47.9 Å². The average Bonchev–Trinajstić information content (AvgIpc) is 2.37. The lowest BCUT2D eigenvalue weighted by Gasteiger charge is -2.24. The summed E-state index contributed by atoms with van der Waals surface area (Å²) in [5, 5.41) is 0. The standard InChI is InChI=1S/C11H16BrClO6/c1-4-18-9(15)11(13,10(16)19-5-2)6-7(12)8(14)17-3/h7H,4-6H2,1-3H3. The molecule has 0 aromatic rings. The number of carbonyl (C=O) groups is 3. The number of alkyl halides is 2. The molecule has 0 spiro atoms. The van der Waals surface area contributed by atoms with E-state index in [1.54, 1.807) is 13.8 Å². The lowest BCUT2D eigenvalue weighted by atomic mass is 10.0. The molecule has 0 saturated heterocycles. The van der Waals surface area contributed by atoms with E-state index in [1.807, 2.05) is 0 Å². The molecule has 8 heteroatoms. The minimum atomic E-state index is -2.08. The van der Waals surface area contributed by atoms with Crippen molar-refractivity contribution < 1.29 is 28.6 Å². The lowest BCUT2D eigenvalue weighted by Crippen LogP contribution is -2.46. The Hall–Kier alpha value is -0.820. The summed E-state index contributed by atoms with van der Waals surface area (Å²) in [5.74, 6) is -2.56. The van der Waals surface area contributed by atoms with E-state index in [-0.39, 0.29) is 19.6 Å². The highest BCUT2D eigenvalue weighted by Crippen LogP contribution is 2.29. The number of halogens is 2. The fourth-order valence-electron chi connectivity index (χ4n) is 1.20. The molecule has 1 unspecified atom stereocenters. The Bertz CT molecular complexity index is 328. The number of hydrogen-bond donors (Lipinski definition) is 0. The molecular formula is C11H16BrClO6. The second-order valence-electron chi connectivity index (χ2n) is 3.44. The smallest absolute Gasteiger partial charge is 0.338 e. The Balaban J connectivity index is 5.10. The summed E-state index contributed by atoms with van der Waals surface area (Å²) in [7, 11) is 1.18. The van der Waals surface area contributed by atoms with Gasteiger partial charge in [-0.15, -0.1) is 0 Å². The fraction of sp³-hybridized carbons (Fsp3) is 0.727. The maximum atomic E-state index is 11.8. The van der Waals surface area contributed by atoms with Crippen molar-refractivity contribution in [2.75, 3.05) is 20.3 Å². The van der Waals surface area contributed by atoms with E-state index in [0.717, 1.165) is 0 Å². The molecule has 110 valence electrons. The zero-order valence-corrected chi connectivity index (χ0v) is 13.2. The summed E-state index contributed by atoms with van der Waals surface area (Å²) in [6, 6.07) is 0. The highest BCUT2D eigenvalue weighted by Gasteiger charge is 2.49. The predicted octanol–water partition coefficient (Wildman–Crippen LogP) is 1.42. The Morgan fingerprint density at radius 1 is 1.16 bits per heavy atom. The third-order valence-electron chi connectivity index (χ3n) is 2.12. The molecule has 0 aromatic heterocycles. The van der Waals surface area contributed by atoms with Crippen molar-refractivity contribution in [3.8, 4) is 0 Å². The van der Waals surface area contributed by atoms with Crippen LogP contribution in [0.1, 0.15) is 20.3 Å². The van der Waals surface area contributed by atoms with Crippen LogP contribution in [0.3, 0.4) is 0 Å². The van der Waals surface area contributed by atoms with E-state index in [0.29, 0.717) is 0 Å². The molecule has 0 N–H and O–H groups in total. The normalized spacial score (nSPS) is 12.5. The van der Waals surface area contributed by atoms with Crippen LogP contribution in [-0.2, 0) is 28.6 Å². The van der Waals surface area contributed by atoms with Crippen molar-refractivity contribution in [3.05, 3.63) is 0 Å². The van der Waals surface area contributed by atoms with Crippen LogP contribution in [0.15, 0.2) is 0 Å². The van der Waals surface area contributed by atoms with Crippen LogP contribution in [0.4, 0.5) is 0 Å². The predicted molar refractivity (Wildman–Crippen MR) is 71.2 cm³/mol. The highest BCUT2D eigenvalue weighted by molar-refractivity contribution is 9.10. The Morgan fingerprint density at radius 2 is 1.58 bits per heavy atom. The van der Waals surface area contributed by atoms with E-state index in [1.165, 1.54) is 7.11 Å². The van der Waals surface area contributed by atoms with E-state index in [2.05, 4.69) is 20.7 Å². The molecule has 0 rings (SSSR count). The zero-order chi connectivity index (χ0) is 15.1. The van der Waals surface area contributed by atoms with Gasteiger partial charge in [-0.05, 0) is 13.8 Å². The van der Waals surface area contributed by atoms with Gasteiger partial charge in [0, 0.05) is 6.42 Å². The SMILES string of the molecule is CCOC(=O)C(Cl)(CC(Br)C(=O)OC)C(=O)OCC. The van der Waals surface area contributed by atoms with Crippen LogP contribution >= 0.6 is 27.5 Å². The number of ether oxygens (including phenoxy) is 3. The van der Waals surface area contributed by atoms with Crippen molar-refractivity contribution >= 4 is 45.4 Å². The topological polar surface area (TPSA) is 78.9 Å². The molecule has 0 aromatic carbocycles. The van der Waals surface area contributed by atoms with E-state index in [4.69, 9.17) is 21.1 Å². The van der Waals surface area contributed by atoms with E-state index < -0.39 is 27.6 Å². The average molecular weight is 360 g/mol. The van der Waals surface area contributed by atoms with Crippen LogP contribution in [0, 0.1) is 0 Å². The minimum Gasteiger partial charge on any atom is -0.468 e. The van der Waals surface area contributed by atoms with E-state index in [9.17, 15) is 14.4 Å². The molecule has 1 atom stereocenters. The van der Waals surface area contributed by atoms with E-state index >= 15 is 0 Å². The second kappa shape index (κ2) is 8.37. The van der Waals surface area contributed by atoms with Crippen LogP contribution in [0.25, 0.3) is 0 Å². The van der Waals surface area contributed by atoms with Gasteiger partial charge in [0.2, 0.25) is 4.87 Å². The molecular weight excluding hydrogens is 343 g/mol. The molecule has 0 aliphatic heterocycles. The summed E-state index contributed by atoms with van der Waals surface area (Å²) in [4.78, 5) is 31.9. The third-order valence-corrected chi connectivity index (χ3v) is 3.28. The second-order valence-corrected chi connectivity index (χ2v) is 5.19. The van der Waals surface area contributed by atoms with Gasteiger partial charge in [0.1, 0.15) is 4.83 Å². The molecule has 0 aliphatic rings. The van der Waals surface area contributed by atoms with Crippen molar-refractivity contribution in [1.82, 2.24) is 0 Å². The zero-order valence-electron chi connectivity index (χ0n) is 10.9. The summed E-state index contributed by atoms with van der Waals surface area (Å²) >= 11 is 9.01. The Kier molecular flexibility index (Phi) is 8.01. The largest absolute Gasteiger partial charge is 0.468 e. The minimum absolute atomic E-state index is 0.0535. The van der Waals surface area contributed by atoms with Crippen molar-refractivity contribution in [1.29, 1.82) is 0 Å². The fourth-order valence-corrected chi connectivity index (χ4v) is 2.32. The van der Waals surface area contributed by atoms with Gasteiger partial charge in [0.05, 0.1) is 20.3 Å². The van der Waals surface area contributed by atoms with Gasteiger partial charge < -0.3 is 14.2 Å². The van der Waals surface area contributed by atoms with Crippen LogP contribution < -0.4 is 0 Å². The monoisotopic (exact) mass is 358 g/mol. The summed E-state index contributed by atoms with van der Waals surface area (Å²) in [6.07, 6.45) is -0.334. The van der Waals surface area contributed by atoms with Gasteiger partial charge >= 0.3 is 17.9 Å². The maximum Gasteiger partial charge on any atom is 0.338 e. The first-order valence-corrected chi connectivity index (χ1v) is 6.88. The quantitative estimate of drug-likeness (QED) is 0.296. The van der Waals surface area contributed by atoms with Crippen molar-refractivity contribution in [2.24, 2.45) is 0 Å². The molecule has 0 saturated carbocycles. The number of methoxy groups -OCH3 is 1. The third kappa shape index (κ3) is 4.99. The molecule has 0 bridgehead atoms. The Labute approximate surface area is 124 Å². The van der Waals surface area contributed by atoms with Gasteiger partial charge in [-0.1, -0.05) is 27.5 Å². The molecule has 0 heterocycles.